The Bertz CT molecular complexity index is 772. The number of hydrogen-bond acceptors (Lipinski definition) is 4. The first-order valence-electron chi connectivity index (χ1n) is 6.10. The van der Waals surface area contributed by atoms with E-state index in [1.165, 1.54) is 29.2 Å². The van der Waals surface area contributed by atoms with Crippen molar-refractivity contribution in [3.8, 4) is 6.07 Å². The highest BCUT2D eigenvalue weighted by Gasteiger charge is 2.15. The summed E-state index contributed by atoms with van der Waals surface area (Å²) in [6.45, 7) is 1.98. The fourth-order valence-corrected chi connectivity index (χ4v) is 2.91. The van der Waals surface area contributed by atoms with Crippen LogP contribution in [0.25, 0.3) is 0 Å². The van der Waals surface area contributed by atoms with Crippen molar-refractivity contribution in [3.63, 3.8) is 0 Å². The van der Waals surface area contributed by atoms with E-state index in [2.05, 4.69) is 9.82 Å². The van der Waals surface area contributed by atoms with E-state index >= 15 is 0 Å². The fourth-order valence-electron chi connectivity index (χ4n) is 1.78. The topological polar surface area (TPSA) is 87.8 Å². The molecule has 1 aromatic heterocycles. The molecule has 0 aliphatic carbocycles. The van der Waals surface area contributed by atoms with Crippen LogP contribution in [0.15, 0.2) is 35.5 Å². The molecule has 0 atom stereocenters. The van der Waals surface area contributed by atoms with E-state index in [1.807, 2.05) is 6.07 Å². The van der Waals surface area contributed by atoms with Gasteiger partial charge in [-0.1, -0.05) is 0 Å². The first kappa shape index (κ1) is 15.2. The van der Waals surface area contributed by atoms with Crippen molar-refractivity contribution in [1.29, 1.82) is 5.26 Å². The van der Waals surface area contributed by atoms with Crippen molar-refractivity contribution >= 4 is 10.0 Å². The van der Waals surface area contributed by atoms with E-state index in [-0.39, 0.29) is 18.0 Å². The number of nitrogens with one attached hydrogen (secondary N) is 1. The maximum Gasteiger partial charge on any atom is 0.240 e. The third-order valence-electron chi connectivity index (χ3n) is 2.72. The zero-order valence-electron chi connectivity index (χ0n) is 11.2. The summed E-state index contributed by atoms with van der Waals surface area (Å²) in [5.41, 5.74) is 0.930. The number of halogens is 1. The standard InChI is InChI=1S/C13H13FN4O2S/c1-10-4-12(14)6-13(5-10)21(19,20)17-2-3-18-9-11(7-15)8-16-18/h4-6,8-9,17H,2-3H2,1H3. The van der Waals surface area contributed by atoms with Crippen LogP contribution in [0.3, 0.4) is 0 Å². The molecular formula is C13H13FN4O2S. The largest absolute Gasteiger partial charge is 0.270 e. The minimum Gasteiger partial charge on any atom is -0.270 e. The van der Waals surface area contributed by atoms with Gasteiger partial charge in [0, 0.05) is 12.7 Å². The van der Waals surface area contributed by atoms with Crippen LogP contribution in [-0.2, 0) is 16.6 Å². The summed E-state index contributed by atoms with van der Waals surface area (Å²) in [7, 11) is -3.77. The van der Waals surface area contributed by atoms with Gasteiger partial charge in [0.15, 0.2) is 0 Å². The second-order valence-electron chi connectivity index (χ2n) is 4.47. The molecule has 6 nitrogen and oxygen atoms in total. The van der Waals surface area contributed by atoms with Gasteiger partial charge in [0.2, 0.25) is 10.0 Å². The lowest BCUT2D eigenvalue weighted by Crippen LogP contribution is -2.27. The third-order valence-corrected chi connectivity index (χ3v) is 4.16. The number of nitrogens with zero attached hydrogens (tertiary/aromatic N) is 3. The highest BCUT2D eigenvalue weighted by molar-refractivity contribution is 7.89. The first-order valence-corrected chi connectivity index (χ1v) is 7.58. The van der Waals surface area contributed by atoms with Crippen LogP contribution < -0.4 is 4.72 Å². The molecule has 1 heterocycles. The van der Waals surface area contributed by atoms with Crippen LogP contribution in [0.5, 0.6) is 0 Å². The van der Waals surface area contributed by atoms with Gasteiger partial charge in [-0.2, -0.15) is 10.4 Å². The number of aromatic nitrogens is 2. The molecule has 2 rings (SSSR count). The van der Waals surface area contributed by atoms with Gasteiger partial charge in [0.1, 0.15) is 11.9 Å². The maximum absolute atomic E-state index is 13.3. The summed E-state index contributed by atoms with van der Waals surface area (Å²) in [6.07, 6.45) is 2.91. The van der Waals surface area contributed by atoms with Gasteiger partial charge >= 0.3 is 0 Å². The zero-order chi connectivity index (χ0) is 15.5. The summed E-state index contributed by atoms with van der Waals surface area (Å²) in [5.74, 6) is -0.596. The van der Waals surface area contributed by atoms with Gasteiger partial charge < -0.3 is 0 Å². The van der Waals surface area contributed by atoms with E-state index in [0.29, 0.717) is 11.1 Å². The summed E-state index contributed by atoms with van der Waals surface area (Å²) in [6, 6.07) is 5.55. The van der Waals surface area contributed by atoms with Gasteiger partial charge in [0.05, 0.1) is 23.2 Å². The van der Waals surface area contributed by atoms with Crippen molar-refractivity contribution in [2.45, 2.75) is 18.4 Å². The number of benzene rings is 1. The second kappa shape index (κ2) is 6.03. The number of rotatable bonds is 5. The summed E-state index contributed by atoms with van der Waals surface area (Å²) in [4.78, 5) is -0.113. The van der Waals surface area contributed by atoms with Crippen molar-refractivity contribution in [1.82, 2.24) is 14.5 Å². The van der Waals surface area contributed by atoms with Crippen LogP contribution in [0, 0.1) is 24.1 Å². The molecule has 0 saturated heterocycles. The summed E-state index contributed by atoms with van der Waals surface area (Å²) >= 11 is 0. The predicted molar refractivity (Wildman–Crippen MR) is 73.3 cm³/mol. The van der Waals surface area contributed by atoms with Gasteiger partial charge in [-0.25, -0.2) is 17.5 Å². The molecule has 0 bridgehead atoms. The zero-order valence-corrected chi connectivity index (χ0v) is 12.1. The van der Waals surface area contributed by atoms with Crippen LogP contribution in [0.4, 0.5) is 4.39 Å². The predicted octanol–water partition coefficient (Wildman–Crippen LogP) is 1.18. The van der Waals surface area contributed by atoms with Gasteiger partial charge in [-0.05, 0) is 30.7 Å². The normalized spacial score (nSPS) is 11.3. The Hall–Kier alpha value is -2.24. The highest BCUT2D eigenvalue weighted by atomic mass is 32.2. The Morgan fingerprint density at radius 2 is 2.19 bits per heavy atom. The van der Waals surface area contributed by atoms with Gasteiger partial charge in [0.25, 0.3) is 0 Å². The molecule has 1 N–H and O–H groups in total. The van der Waals surface area contributed by atoms with E-state index in [1.54, 1.807) is 6.92 Å². The minimum absolute atomic E-state index is 0.0877. The molecule has 0 radical (unpaired) electrons. The van der Waals surface area contributed by atoms with Crippen LogP contribution in [0.2, 0.25) is 0 Å². The smallest absolute Gasteiger partial charge is 0.240 e. The Morgan fingerprint density at radius 3 is 2.81 bits per heavy atom. The maximum atomic E-state index is 13.3. The molecule has 0 aliphatic heterocycles. The lowest BCUT2D eigenvalue weighted by atomic mass is 10.2. The van der Waals surface area contributed by atoms with Crippen molar-refractivity contribution < 1.29 is 12.8 Å². The van der Waals surface area contributed by atoms with Crippen LogP contribution in [-0.4, -0.2) is 24.7 Å². The Labute approximate surface area is 121 Å². The quantitative estimate of drug-likeness (QED) is 0.898. The monoisotopic (exact) mass is 308 g/mol. The molecule has 110 valence electrons. The number of sulfonamides is 1. The van der Waals surface area contributed by atoms with Crippen LogP contribution >= 0.6 is 0 Å². The molecule has 8 heteroatoms. The fraction of sp³-hybridized carbons (Fsp3) is 0.231. The van der Waals surface area contributed by atoms with E-state index < -0.39 is 15.8 Å². The Balaban J connectivity index is 2.03. The molecule has 0 unspecified atom stereocenters. The summed E-state index contributed by atoms with van der Waals surface area (Å²) in [5, 5.41) is 12.6. The number of hydrogen-bond donors (Lipinski definition) is 1. The second-order valence-corrected chi connectivity index (χ2v) is 6.23. The highest BCUT2D eigenvalue weighted by Crippen LogP contribution is 2.13. The van der Waals surface area contributed by atoms with E-state index in [0.717, 1.165) is 6.07 Å². The molecule has 0 saturated carbocycles. The van der Waals surface area contributed by atoms with Crippen LogP contribution in [0.1, 0.15) is 11.1 Å². The van der Waals surface area contributed by atoms with Crippen molar-refractivity contribution in [2.24, 2.45) is 0 Å². The molecule has 0 spiro atoms. The Morgan fingerprint density at radius 1 is 1.43 bits per heavy atom. The molecule has 0 aliphatic rings. The first-order chi connectivity index (χ1) is 9.90. The molecule has 2 aromatic rings. The van der Waals surface area contributed by atoms with Gasteiger partial charge in [-0.3, -0.25) is 4.68 Å². The molecular weight excluding hydrogens is 295 g/mol. The van der Waals surface area contributed by atoms with Crippen molar-refractivity contribution in [2.75, 3.05) is 6.54 Å². The molecule has 21 heavy (non-hydrogen) atoms. The summed E-state index contributed by atoms with van der Waals surface area (Å²) < 4.78 is 41.1. The van der Waals surface area contributed by atoms with E-state index in [4.69, 9.17) is 5.26 Å². The molecule has 0 fully saturated rings. The molecule has 0 amide bonds. The van der Waals surface area contributed by atoms with Crippen molar-refractivity contribution in [3.05, 3.63) is 47.5 Å². The number of aryl methyl sites for hydroxylation is 1. The molecule has 1 aromatic carbocycles. The van der Waals surface area contributed by atoms with E-state index in [9.17, 15) is 12.8 Å². The minimum atomic E-state index is -3.77. The average molecular weight is 308 g/mol. The average Bonchev–Trinajstić information content (AvgIpc) is 2.85. The lowest BCUT2D eigenvalue weighted by Gasteiger charge is -2.08. The Kier molecular flexibility index (Phi) is 4.35. The van der Waals surface area contributed by atoms with Gasteiger partial charge in [-0.15, -0.1) is 0 Å². The number of nitriles is 1. The SMILES string of the molecule is Cc1cc(F)cc(S(=O)(=O)NCCn2cc(C#N)cn2)c1. The lowest BCUT2D eigenvalue weighted by molar-refractivity contribution is 0.558. The third kappa shape index (κ3) is 3.87.